The molecule has 1 nitrogen and oxygen atoms in total. The Kier molecular flexibility index (Phi) is 4.69. The highest BCUT2D eigenvalue weighted by Crippen LogP contribution is 2.35. The zero-order valence-corrected chi connectivity index (χ0v) is 12.5. The maximum atomic E-state index is 12.6. The van der Waals surface area contributed by atoms with Crippen LogP contribution >= 0.6 is 23.2 Å². The van der Waals surface area contributed by atoms with Crippen LogP contribution in [-0.4, -0.2) is 0 Å². The first-order valence-electron chi connectivity index (χ1n) is 6.16. The molecule has 0 aliphatic rings. The molecule has 0 radical (unpaired) electrons. The normalized spacial score (nSPS) is 13.0. The van der Waals surface area contributed by atoms with E-state index in [1.165, 1.54) is 6.07 Å². The molecule has 2 aromatic carbocycles. The van der Waals surface area contributed by atoms with Crippen molar-refractivity contribution in [1.82, 2.24) is 0 Å². The molecule has 0 saturated heterocycles. The third-order valence-electron chi connectivity index (χ3n) is 3.02. The molecule has 21 heavy (non-hydrogen) atoms. The predicted octanol–water partition coefficient (Wildman–Crippen LogP) is 6.19. The fraction of sp³-hybridized carbons (Fsp3) is 0.200. The SMILES string of the molecule is CC(Nc1ccc(C(F)(F)F)cc1Cl)c1cccc(Cl)c1. The van der Waals surface area contributed by atoms with E-state index in [0.29, 0.717) is 10.7 Å². The van der Waals surface area contributed by atoms with E-state index in [1.54, 1.807) is 12.1 Å². The van der Waals surface area contributed by atoms with Crippen LogP contribution in [0.1, 0.15) is 24.1 Å². The smallest absolute Gasteiger partial charge is 0.377 e. The Morgan fingerprint density at radius 3 is 2.33 bits per heavy atom. The van der Waals surface area contributed by atoms with Gasteiger partial charge in [0.05, 0.1) is 16.3 Å². The number of halogens is 5. The van der Waals surface area contributed by atoms with Gasteiger partial charge in [0.2, 0.25) is 0 Å². The van der Waals surface area contributed by atoms with Crippen LogP contribution in [-0.2, 0) is 6.18 Å². The molecule has 0 aliphatic heterocycles. The lowest BCUT2D eigenvalue weighted by molar-refractivity contribution is -0.137. The zero-order valence-electron chi connectivity index (χ0n) is 11.0. The molecule has 1 atom stereocenters. The van der Waals surface area contributed by atoms with Crippen molar-refractivity contribution in [3.05, 3.63) is 63.6 Å². The maximum absolute atomic E-state index is 12.6. The van der Waals surface area contributed by atoms with E-state index in [1.807, 2.05) is 19.1 Å². The molecule has 0 aromatic heterocycles. The number of rotatable bonds is 3. The third-order valence-corrected chi connectivity index (χ3v) is 3.56. The molecule has 0 bridgehead atoms. The Labute approximate surface area is 130 Å². The van der Waals surface area contributed by atoms with Crippen molar-refractivity contribution in [2.75, 3.05) is 5.32 Å². The van der Waals surface area contributed by atoms with Crippen molar-refractivity contribution in [3.8, 4) is 0 Å². The minimum atomic E-state index is -4.40. The highest BCUT2D eigenvalue weighted by Gasteiger charge is 2.30. The maximum Gasteiger partial charge on any atom is 0.416 e. The summed E-state index contributed by atoms with van der Waals surface area (Å²) in [6.07, 6.45) is -4.40. The van der Waals surface area contributed by atoms with Gasteiger partial charge in [-0.3, -0.25) is 0 Å². The second-order valence-corrected chi connectivity index (χ2v) is 5.46. The van der Waals surface area contributed by atoms with Gasteiger partial charge in [-0.05, 0) is 42.8 Å². The lowest BCUT2D eigenvalue weighted by Crippen LogP contribution is -2.09. The van der Waals surface area contributed by atoms with Crippen LogP contribution in [0.3, 0.4) is 0 Å². The summed E-state index contributed by atoms with van der Waals surface area (Å²) in [6.45, 7) is 1.87. The molecule has 0 spiro atoms. The van der Waals surface area contributed by atoms with E-state index in [0.717, 1.165) is 17.7 Å². The van der Waals surface area contributed by atoms with Gasteiger partial charge in [0.25, 0.3) is 0 Å². The summed E-state index contributed by atoms with van der Waals surface area (Å²) in [4.78, 5) is 0. The Morgan fingerprint density at radius 1 is 1.05 bits per heavy atom. The molecule has 0 amide bonds. The standard InChI is InChI=1S/C15H12Cl2F3N/c1-9(10-3-2-4-12(16)7-10)21-14-6-5-11(8-13(14)17)15(18,19)20/h2-9,21H,1H3. The van der Waals surface area contributed by atoms with Crippen LogP contribution < -0.4 is 5.32 Å². The van der Waals surface area contributed by atoms with Gasteiger partial charge in [-0.1, -0.05) is 35.3 Å². The fourth-order valence-electron chi connectivity index (χ4n) is 1.90. The Bertz CT molecular complexity index is 641. The topological polar surface area (TPSA) is 12.0 Å². The number of nitrogens with one attached hydrogen (secondary N) is 1. The molecule has 2 aromatic rings. The molecular weight excluding hydrogens is 322 g/mol. The van der Waals surface area contributed by atoms with Gasteiger partial charge in [-0.2, -0.15) is 13.2 Å². The van der Waals surface area contributed by atoms with Crippen LogP contribution in [0, 0.1) is 0 Å². The summed E-state index contributed by atoms with van der Waals surface area (Å²) in [5.41, 5.74) is 0.587. The average Bonchev–Trinajstić information content (AvgIpc) is 2.39. The molecule has 0 aliphatic carbocycles. The molecule has 6 heteroatoms. The zero-order chi connectivity index (χ0) is 15.6. The van der Waals surface area contributed by atoms with Gasteiger partial charge in [-0.15, -0.1) is 0 Å². The lowest BCUT2D eigenvalue weighted by Gasteiger charge is -2.18. The molecule has 112 valence electrons. The minimum absolute atomic E-state index is 0.0266. The lowest BCUT2D eigenvalue weighted by atomic mass is 10.1. The van der Waals surface area contributed by atoms with Crippen molar-refractivity contribution >= 4 is 28.9 Å². The van der Waals surface area contributed by atoms with Crippen LogP contribution in [0.5, 0.6) is 0 Å². The van der Waals surface area contributed by atoms with Crippen LogP contribution in [0.2, 0.25) is 10.0 Å². The summed E-state index contributed by atoms with van der Waals surface area (Å²) in [5.74, 6) is 0. The molecule has 1 N–H and O–H groups in total. The average molecular weight is 334 g/mol. The van der Waals surface area contributed by atoms with Gasteiger partial charge in [0, 0.05) is 11.1 Å². The van der Waals surface area contributed by atoms with E-state index in [4.69, 9.17) is 23.2 Å². The van der Waals surface area contributed by atoms with E-state index in [-0.39, 0.29) is 11.1 Å². The molecular formula is C15H12Cl2F3N. The van der Waals surface area contributed by atoms with Crippen LogP contribution in [0.15, 0.2) is 42.5 Å². The van der Waals surface area contributed by atoms with E-state index < -0.39 is 11.7 Å². The molecule has 0 heterocycles. The number of hydrogen-bond donors (Lipinski definition) is 1. The van der Waals surface area contributed by atoms with Crippen molar-refractivity contribution in [3.63, 3.8) is 0 Å². The highest BCUT2D eigenvalue weighted by atomic mass is 35.5. The van der Waals surface area contributed by atoms with Gasteiger partial charge in [-0.25, -0.2) is 0 Å². The van der Waals surface area contributed by atoms with E-state index in [2.05, 4.69) is 5.32 Å². The first-order chi connectivity index (χ1) is 9.77. The molecule has 0 fully saturated rings. The van der Waals surface area contributed by atoms with Crippen molar-refractivity contribution in [2.24, 2.45) is 0 Å². The Morgan fingerprint density at radius 2 is 1.76 bits per heavy atom. The van der Waals surface area contributed by atoms with Gasteiger partial charge in [0.1, 0.15) is 0 Å². The number of hydrogen-bond acceptors (Lipinski definition) is 1. The minimum Gasteiger partial charge on any atom is -0.377 e. The van der Waals surface area contributed by atoms with Gasteiger partial charge < -0.3 is 5.32 Å². The van der Waals surface area contributed by atoms with Crippen molar-refractivity contribution < 1.29 is 13.2 Å². The summed E-state index contributed by atoms with van der Waals surface area (Å²) < 4.78 is 37.7. The molecule has 1 unspecified atom stereocenters. The Hall–Kier alpha value is -1.39. The van der Waals surface area contributed by atoms with Crippen LogP contribution in [0.4, 0.5) is 18.9 Å². The van der Waals surface area contributed by atoms with Gasteiger partial charge in [0.15, 0.2) is 0 Å². The molecule has 0 saturated carbocycles. The fourth-order valence-corrected chi connectivity index (χ4v) is 2.33. The number of anilines is 1. The van der Waals surface area contributed by atoms with E-state index in [9.17, 15) is 13.2 Å². The summed E-state index contributed by atoms with van der Waals surface area (Å²) in [6, 6.07) is 10.3. The summed E-state index contributed by atoms with van der Waals surface area (Å²) >= 11 is 11.8. The highest BCUT2D eigenvalue weighted by molar-refractivity contribution is 6.33. The van der Waals surface area contributed by atoms with E-state index >= 15 is 0 Å². The summed E-state index contributed by atoms with van der Waals surface area (Å²) in [5, 5.41) is 3.70. The van der Waals surface area contributed by atoms with Crippen LogP contribution in [0.25, 0.3) is 0 Å². The second kappa shape index (κ2) is 6.16. The quantitative estimate of drug-likeness (QED) is 0.706. The van der Waals surface area contributed by atoms with Crippen molar-refractivity contribution in [1.29, 1.82) is 0 Å². The Balaban J connectivity index is 2.20. The van der Waals surface area contributed by atoms with Crippen molar-refractivity contribution in [2.45, 2.75) is 19.1 Å². The van der Waals surface area contributed by atoms with Gasteiger partial charge >= 0.3 is 6.18 Å². The first kappa shape index (κ1) is 16.0. The predicted molar refractivity (Wildman–Crippen MR) is 79.9 cm³/mol. The number of alkyl halides is 3. The third kappa shape index (κ3) is 4.05. The largest absolute Gasteiger partial charge is 0.416 e. The first-order valence-corrected chi connectivity index (χ1v) is 6.91. The molecule has 2 rings (SSSR count). The second-order valence-electron chi connectivity index (χ2n) is 4.61. The monoisotopic (exact) mass is 333 g/mol. The number of benzene rings is 2. The summed E-state index contributed by atoms with van der Waals surface area (Å²) in [7, 11) is 0.